The summed E-state index contributed by atoms with van der Waals surface area (Å²) in [6, 6.07) is 0.691. The molecule has 106 valence electrons. The largest absolute Gasteiger partial charge is 0.381 e. The van der Waals surface area contributed by atoms with E-state index in [1.165, 1.54) is 38.8 Å². The Hall–Kier alpha value is -0.160. The van der Waals surface area contributed by atoms with Crippen molar-refractivity contribution < 1.29 is 4.74 Å². The smallest absolute Gasteiger partial charge is 0.0589 e. The first-order chi connectivity index (χ1) is 8.61. The molecule has 1 heterocycles. The summed E-state index contributed by atoms with van der Waals surface area (Å²) >= 11 is 0. The van der Waals surface area contributed by atoms with Crippen molar-refractivity contribution in [3.63, 3.8) is 0 Å². The second kappa shape index (κ2) is 5.87. The van der Waals surface area contributed by atoms with Crippen LogP contribution in [0.25, 0.3) is 0 Å². The molecule has 0 radical (unpaired) electrons. The van der Waals surface area contributed by atoms with E-state index in [0.717, 1.165) is 13.0 Å². The van der Waals surface area contributed by atoms with Gasteiger partial charge in [-0.3, -0.25) is 4.90 Å². The highest BCUT2D eigenvalue weighted by molar-refractivity contribution is 5.00. The van der Waals surface area contributed by atoms with Gasteiger partial charge in [-0.15, -0.1) is 0 Å². The van der Waals surface area contributed by atoms with Crippen molar-refractivity contribution >= 4 is 0 Å². The van der Waals surface area contributed by atoms with Crippen LogP contribution in [0.5, 0.6) is 0 Å². The lowest BCUT2D eigenvalue weighted by Crippen LogP contribution is -2.57. The first kappa shape index (κ1) is 14.3. The number of likely N-dealkylation sites (N-methyl/N-ethyl adjacent to an activating group) is 1. The number of ether oxygens (including phenoxy) is 1. The van der Waals surface area contributed by atoms with E-state index < -0.39 is 0 Å². The Bertz CT molecular complexity index is 272. The summed E-state index contributed by atoms with van der Waals surface area (Å²) in [5.41, 5.74) is 6.34. The molecule has 2 N–H and O–H groups in total. The van der Waals surface area contributed by atoms with Gasteiger partial charge in [-0.25, -0.2) is 0 Å². The normalized spacial score (nSPS) is 38.5. The fourth-order valence-electron chi connectivity index (χ4n) is 3.68. The number of likely N-dealkylation sites (tertiary alicyclic amines) is 1. The minimum atomic E-state index is 0.198. The maximum Gasteiger partial charge on any atom is 0.0589 e. The third-order valence-electron chi connectivity index (χ3n) is 5.05. The van der Waals surface area contributed by atoms with E-state index in [9.17, 15) is 0 Å². The summed E-state index contributed by atoms with van der Waals surface area (Å²) < 4.78 is 5.59. The van der Waals surface area contributed by atoms with Crippen molar-refractivity contribution in [3.8, 4) is 0 Å². The van der Waals surface area contributed by atoms with Gasteiger partial charge in [-0.05, 0) is 46.2 Å². The number of hydrogen-bond acceptors (Lipinski definition) is 4. The van der Waals surface area contributed by atoms with Crippen LogP contribution in [0.1, 0.15) is 32.1 Å². The van der Waals surface area contributed by atoms with E-state index in [1.807, 2.05) is 7.11 Å². The number of nitrogens with zero attached hydrogens (tertiary/aromatic N) is 2. The van der Waals surface area contributed by atoms with Crippen LogP contribution < -0.4 is 5.73 Å². The quantitative estimate of drug-likeness (QED) is 0.811. The monoisotopic (exact) mass is 255 g/mol. The molecule has 18 heavy (non-hydrogen) atoms. The van der Waals surface area contributed by atoms with Crippen molar-refractivity contribution in [2.45, 2.75) is 49.8 Å². The SMILES string of the molecule is COC1CCCC(CN)(N2CCC(N(C)C)C2)C1. The molecule has 2 rings (SSSR count). The molecular weight excluding hydrogens is 226 g/mol. The first-order valence-corrected chi connectivity index (χ1v) is 7.25. The zero-order valence-corrected chi connectivity index (χ0v) is 12.2. The molecule has 3 unspecified atom stereocenters. The summed E-state index contributed by atoms with van der Waals surface area (Å²) in [6.45, 7) is 3.13. The second-order valence-corrected chi connectivity index (χ2v) is 6.23. The van der Waals surface area contributed by atoms with Crippen LogP contribution in [0.15, 0.2) is 0 Å². The molecule has 0 aromatic carbocycles. The zero-order chi connectivity index (χ0) is 13.2. The first-order valence-electron chi connectivity index (χ1n) is 7.25. The minimum Gasteiger partial charge on any atom is -0.381 e. The Labute approximate surface area is 111 Å². The molecule has 3 atom stereocenters. The van der Waals surface area contributed by atoms with Crippen molar-refractivity contribution in [2.24, 2.45) is 5.73 Å². The van der Waals surface area contributed by atoms with Crippen molar-refractivity contribution in [1.29, 1.82) is 0 Å². The molecule has 1 saturated heterocycles. The Morgan fingerprint density at radius 1 is 1.39 bits per heavy atom. The molecule has 2 fully saturated rings. The molecule has 1 saturated carbocycles. The number of nitrogens with two attached hydrogens (primary N) is 1. The molecule has 0 amide bonds. The molecule has 4 nitrogen and oxygen atoms in total. The fourth-order valence-corrected chi connectivity index (χ4v) is 3.68. The molecule has 1 aliphatic carbocycles. The average molecular weight is 255 g/mol. The van der Waals surface area contributed by atoms with Gasteiger partial charge in [0.05, 0.1) is 6.10 Å². The zero-order valence-electron chi connectivity index (χ0n) is 12.2. The van der Waals surface area contributed by atoms with Gasteiger partial charge in [0.2, 0.25) is 0 Å². The predicted octanol–water partition coefficient (Wildman–Crippen LogP) is 0.909. The van der Waals surface area contributed by atoms with E-state index in [2.05, 4.69) is 23.9 Å². The van der Waals surface area contributed by atoms with Gasteiger partial charge in [-0.1, -0.05) is 0 Å². The maximum absolute atomic E-state index is 6.15. The van der Waals surface area contributed by atoms with Gasteiger partial charge in [0.15, 0.2) is 0 Å². The third kappa shape index (κ3) is 2.72. The Morgan fingerprint density at radius 2 is 2.17 bits per heavy atom. The molecule has 0 aromatic heterocycles. The fraction of sp³-hybridized carbons (Fsp3) is 1.00. The summed E-state index contributed by atoms with van der Waals surface area (Å²) in [4.78, 5) is 4.99. The molecule has 4 heteroatoms. The molecule has 2 aliphatic rings. The van der Waals surface area contributed by atoms with Crippen LogP contribution in [0.3, 0.4) is 0 Å². The lowest BCUT2D eigenvalue weighted by Gasteiger charge is -2.46. The maximum atomic E-state index is 6.15. The van der Waals surface area contributed by atoms with Gasteiger partial charge >= 0.3 is 0 Å². The van der Waals surface area contributed by atoms with Gasteiger partial charge < -0.3 is 15.4 Å². The Morgan fingerprint density at radius 3 is 2.72 bits per heavy atom. The van der Waals surface area contributed by atoms with Gasteiger partial charge in [0.1, 0.15) is 0 Å². The highest BCUT2D eigenvalue weighted by Crippen LogP contribution is 2.36. The van der Waals surface area contributed by atoms with Crippen LogP contribution in [-0.4, -0.2) is 68.3 Å². The standard InChI is InChI=1S/C14H29N3O/c1-16(2)12-6-8-17(10-12)14(11-15)7-4-5-13(9-14)18-3/h12-13H,4-11,15H2,1-3H3. The minimum absolute atomic E-state index is 0.198. The Balaban J connectivity index is 2.03. The van der Waals surface area contributed by atoms with Crippen LogP contribution in [0, 0.1) is 0 Å². The van der Waals surface area contributed by atoms with Gasteiger partial charge in [-0.2, -0.15) is 0 Å². The Kier molecular flexibility index (Phi) is 4.64. The molecular formula is C14H29N3O. The number of methoxy groups -OCH3 is 1. The van der Waals surface area contributed by atoms with Crippen molar-refractivity contribution in [1.82, 2.24) is 9.80 Å². The van der Waals surface area contributed by atoms with E-state index in [-0.39, 0.29) is 5.54 Å². The van der Waals surface area contributed by atoms with Gasteiger partial charge in [0, 0.05) is 38.3 Å². The molecule has 0 aromatic rings. The second-order valence-electron chi connectivity index (χ2n) is 6.23. The van der Waals surface area contributed by atoms with Crippen LogP contribution in [0.4, 0.5) is 0 Å². The third-order valence-corrected chi connectivity index (χ3v) is 5.05. The van der Waals surface area contributed by atoms with Crippen LogP contribution in [-0.2, 0) is 4.74 Å². The summed E-state index contributed by atoms with van der Waals surface area (Å²) in [7, 11) is 6.20. The number of rotatable bonds is 4. The summed E-state index contributed by atoms with van der Waals surface area (Å²) in [5.74, 6) is 0. The van der Waals surface area contributed by atoms with Gasteiger partial charge in [0.25, 0.3) is 0 Å². The van der Waals surface area contributed by atoms with E-state index in [1.54, 1.807) is 0 Å². The highest BCUT2D eigenvalue weighted by atomic mass is 16.5. The van der Waals surface area contributed by atoms with E-state index in [0.29, 0.717) is 12.1 Å². The molecule has 0 spiro atoms. The topological polar surface area (TPSA) is 41.7 Å². The molecule has 0 bridgehead atoms. The number of hydrogen-bond donors (Lipinski definition) is 1. The summed E-state index contributed by atoms with van der Waals surface area (Å²) in [6.07, 6.45) is 6.47. The van der Waals surface area contributed by atoms with Crippen LogP contribution in [0.2, 0.25) is 0 Å². The summed E-state index contributed by atoms with van der Waals surface area (Å²) in [5, 5.41) is 0. The lowest BCUT2D eigenvalue weighted by molar-refractivity contribution is -0.0147. The van der Waals surface area contributed by atoms with E-state index >= 15 is 0 Å². The predicted molar refractivity (Wildman–Crippen MR) is 74.7 cm³/mol. The average Bonchev–Trinajstić information content (AvgIpc) is 2.89. The highest BCUT2D eigenvalue weighted by Gasteiger charge is 2.43. The van der Waals surface area contributed by atoms with Crippen molar-refractivity contribution in [3.05, 3.63) is 0 Å². The molecule has 1 aliphatic heterocycles. The van der Waals surface area contributed by atoms with E-state index in [4.69, 9.17) is 10.5 Å². The van der Waals surface area contributed by atoms with Crippen LogP contribution >= 0.6 is 0 Å². The van der Waals surface area contributed by atoms with Crippen molar-refractivity contribution in [2.75, 3.05) is 40.8 Å². The lowest BCUT2D eigenvalue weighted by atomic mass is 9.79.